The Bertz CT molecular complexity index is 582. The molecule has 0 aliphatic heterocycles. The van der Waals surface area contributed by atoms with Gasteiger partial charge in [0.15, 0.2) is 0 Å². The second kappa shape index (κ2) is 6.32. The van der Waals surface area contributed by atoms with E-state index >= 15 is 0 Å². The van der Waals surface area contributed by atoms with Crippen molar-refractivity contribution in [2.24, 2.45) is 5.73 Å². The van der Waals surface area contributed by atoms with Crippen molar-refractivity contribution in [2.75, 3.05) is 7.11 Å². The average molecular weight is 340 g/mol. The summed E-state index contributed by atoms with van der Waals surface area (Å²) in [7, 11) is 1.35. The van der Waals surface area contributed by atoms with Crippen LogP contribution in [-0.4, -0.2) is 19.1 Å². The van der Waals surface area contributed by atoms with Crippen LogP contribution < -0.4 is 5.73 Å². The Morgan fingerprint density at radius 2 is 2.21 bits per heavy atom. The lowest BCUT2D eigenvalue weighted by Gasteiger charge is -2.06. The fourth-order valence-corrected chi connectivity index (χ4v) is 3.20. The average Bonchev–Trinajstić information content (AvgIpc) is 2.86. The monoisotopic (exact) mass is 339 g/mol. The third-order valence-corrected chi connectivity index (χ3v) is 4.35. The maximum atomic E-state index is 11.3. The van der Waals surface area contributed by atoms with Crippen LogP contribution in [0, 0.1) is 0 Å². The first-order valence-corrected chi connectivity index (χ1v) is 7.39. The molecule has 0 bridgehead atoms. The van der Waals surface area contributed by atoms with E-state index in [-0.39, 0.29) is 5.97 Å². The van der Waals surface area contributed by atoms with Crippen LogP contribution in [0.5, 0.6) is 0 Å². The van der Waals surface area contributed by atoms with E-state index in [4.69, 9.17) is 5.73 Å². The molecule has 1 atom stereocenters. The van der Waals surface area contributed by atoms with E-state index < -0.39 is 6.04 Å². The molecule has 0 aliphatic carbocycles. The van der Waals surface area contributed by atoms with Crippen molar-refractivity contribution in [2.45, 2.75) is 12.5 Å². The number of hydrogen-bond acceptors (Lipinski definition) is 4. The molecule has 19 heavy (non-hydrogen) atoms. The number of methoxy groups -OCH3 is 1. The summed E-state index contributed by atoms with van der Waals surface area (Å²) in [6.45, 7) is 0. The summed E-state index contributed by atoms with van der Waals surface area (Å²) in [4.78, 5) is 13.5. The van der Waals surface area contributed by atoms with Crippen LogP contribution in [0.15, 0.2) is 40.9 Å². The van der Waals surface area contributed by atoms with E-state index in [2.05, 4.69) is 32.8 Å². The summed E-state index contributed by atoms with van der Waals surface area (Å²) in [5.41, 5.74) is 6.91. The molecular formula is C14H14BrNO2S. The number of carbonyl (C=O) groups is 1. The first kappa shape index (κ1) is 14.2. The second-order valence-electron chi connectivity index (χ2n) is 4.11. The molecule has 0 saturated carbocycles. The van der Waals surface area contributed by atoms with Gasteiger partial charge in [-0.1, -0.05) is 28.1 Å². The first-order valence-electron chi connectivity index (χ1n) is 5.78. The molecule has 0 saturated heterocycles. The third kappa shape index (κ3) is 3.65. The molecule has 1 aromatic carbocycles. The molecule has 2 N–H and O–H groups in total. The van der Waals surface area contributed by atoms with Crippen molar-refractivity contribution < 1.29 is 9.53 Å². The highest BCUT2D eigenvalue weighted by molar-refractivity contribution is 9.10. The molecule has 0 aliphatic rings. The van der Waals surface area contributed by atoms with E-state index in [9.17, 15) is 4.79 Å². The van der Waals surface area contributed by atoms with Crippen LogP contribution in [-0.2, 0) is 16.0 Å². The molecule has 1 unspecified atom stereocenters. The second-order valence-corrected chi connectivity index (χ2v) is 6.19. The predicted molar refractivity (Wildman–Crippen MR) is 81.2 cm³/mol. The van der Waals surface area contributed by atoms with Gasteiger partial charge in [-0.3, -0.25) is 4.79 Å². The van der Waals surface area contributed by atoms with E-state index in [1.807, 2.05) is 24.3 Å². The van der Waals surface area contributed by atoms with Crippen LogP contribution in [0.1, 0.15) is 4.88 Å². The van der Waals surface area contributed by atoms with Gasteiger partial charge in [-0.05, 0) is 29.8 Å². The fraction of sp³-hybridized carbons (Fsp3) is 0.214. The maximum Gasteiger partial charge on any atom is 0.323 e. The zero-order valence-corrected chi connectivity index (χ0v) is 12.8. The largest absolute Gasteiger partial charge is 0.468 e. The highest BCUT2D eigenvalue weighted by Gasteiger charge is 2.15. The highest BCUT2D eigenvalue weighted by atomic mass is 79.9. The number of ether oxygens (including phenoxy) is 1. The fourth-order valence-electron chi connectivity index (χ4n) is 1.74. The third-order valence-electron chi connectivity index (χ3n) is 2.70. The number of nitrogens with two attached hydrogens (primary N) is 1. The SMILES string of the molecule is COC(=O)C(N)Cc1ccc(-c2cccc(Br)c2)s1. The maximum absolute atomic E-state index is 11.3. The predicted octanol–water partition coefficient (Wildman–Crippen LogP) is 3.22. The molecule has 1 aromatic heterocycles. The molecule has 2 aromatic rings. The Balaban J connectivity index is 2.13. The highest BCUT2D eigenvalue weighted by Crippen LogP contribution is 2.30. The van der Waals surface area contributed by atoms with Crippen molar-refractivity contribution in [1.82, 2.24) is 0 Å². The summed E-state index contributed by atoms with van der Waals surface area (Å²) in [5.74, 6) is -0.377. The minimum atomic E-state index is -0.598. The van der Waals surface area contributed by atoms with Gasteiger partial charge in [0.1, 0.15) is 6.04 Å². The zero-order chi connectivity index (χ0) is 13.8. The van der Waals surface area contributed by atoms with Crippen molar-refractivity contribution in [3.63, 3.8) is 0 Å². The van der Waals surface area contributed by atoms with Gasteiger partial charge in [0.25, 0.3) is 0 Å². The Morgan fingerprint density at radius 1 is 1.42 bits per heavy atom. The van der Waals surface area contributed by atoms with Gasteiger partial charge in [0.05, 0.1) is 7.11 Å². The van der Waals surface area contributed by atoms with Gasteiger partial charge in [0.2, 0.25) is 0 Å². The van der Waals surface area contributed by atoms with Crippen molar-refractivity contribution in [3.8, 4) is 10.4 Å². The summed E-state index contributed by atoms with van der Waals surface area (Å²) in [6, 6.07) is 11.6. The number of hydrogen-bond donors (Lipinski definition) is 1. The van der Waals surface area contributed by atoms with Gasteiger partial charge >= 0.3 is 5.97 Å². The van der Waals surface area contributed by atoms with E-state index in [0.717, 1.165) is 19.8 Å². The molecular weight excluding hydrogens is 326 g/mol. The molecule has 1 heterocycles. The first-order chi connectivity index (χ1) is 9.10. The topological polar surface area (TPSA) is 52.3 Å². The molecule has 5 heteroatoms. The van der Waals surface area contributed by atoms with Gasteiger partial charge in [-0.15, -0.1) is 11.3 Å². The number of benzene rings is 1. The van der Waals surface area contributed by atoms with E-state index in [1.165, 1.54) is 7.11 Å². The van der Waals surface area contributed by atoms with E-state index in [1.54, 1.807) is 11.3 Å². The number of carbonyl (C=O) groups excluding carboxylic acids is 1. The number of halogens is 1. The lowest BCUT2D eigenvalue weighted by Crippen LogP contribution is -2.33. The molecule has 0 amide bonds. The Kier molecular flexibility index (Phi) is 4.74. The van der Waals surface area contributed by atoms with Crippen LogP contribution in [0.3, 0.4) is 0 Å². The quantitative estimate of drug-likeness (QED) is 0.870. The van der Waals surface area contributed by atoms with Crippen molar-refractivity contribution >= 4 is 33.2 Å². The molecule has 3 nitrogen and oxygen atoms in total. The molecule has 0 radical (unpaired) electrons. The lowest BCUT2D eigenvalue weighted by molar-refractivity contribution is -0.142. The van der Waals surface area contributed by atoms with Crippen LogP contribution in [0.4, 0.5) is 0 Å². The summed E-state index contributed by atoms with van der Waals surface area (Å²) >= 11 is 5.10. The van der Waals surface area contributed by atoms with E-state index in [0.29, 0.717) is 6.42 Å². The minimum absolute atomic E-state index is 0.377. The summed E-state index contributed by atoms with van der Waals surface area (Å²) < 4.78 is 5.67. The number of rotatable bonds is 4. The summed E-state index contributed by atoms with van der Waals surface area (Å²) in [5, 5.41) is 0. The summed E-state index contributed by atoms with van der Waals surface area (Å²) in [6.07, 6.45) is 0.505. The smallest absolute Gasteiger partial charge is 0.323 e. The number of thiophene rings is 1. The van der Waals surface area contributed by atoms with Gasteiger partial charge in [-0.25, -0.2) is 0 Å². The lowest BCUT2D eigenvalue weighted by atomic mass is 10.2. The minimum Gasteiger partial charge on any atom is -0.468 e. The van der Waals surface area contributed by atoms with Crippen LogP contribution >= 0.6 is 27.3 Å². The van der Waals surface area contributed by atoms with Crippen LogP contribution in [0.25, 0.3) is 10.4 Å². The molecule has 0 fully saturated rings. The number of esters is 1. The Labute approximate surface area is 124 Å². The van der Waals surface area contributed by atoms with Crippen molar-refractivity contribution in [1.29, 1.82) is 0 Å². The standard InChI is InChI=1S/C14H14BrNO2S/c1-18-14(17)12(16)8-11-5-6-13(19-11)9-3-2-4-10(15)7-9/h2-7,12H,8,16H2,1H3. The molecule has 0 spiro atoms. The normalized spacial score (nSPS) is 12.2. The van der Waals surface area contributed by atoms with Crippen LogP contribution in [0.2, 0.25) is 0 Å². The van der Waals surface area contributed by atoms with Gasteiger partial charge < -0.3 is 10.5 Å². The Morgan fingerprint density at radius 3 is 2.89 bits per heavy atom. The molecule has 2 rings (SSSR count). The Hall–Kier alpha value is -1.17. The zero-order valence-electron chi connectivity index (χ0n) is 10.4. The molecule has 100 valence electrons. The van der Waals surface area contributed by atoms with Crippen molar-refractivity contribution in [3.05, 3.63) is 45.7 Å². The van der Waals surface area contributed by atoms with Gasteiger partial charge in [-0.2, -0.15) is 0 Å². The van der Waals surface area contributed by atoms with Gasteiger partial charge in [0, 0.05) is 20.6 Å².